The molecule has 1 heterocycles. The Kier molecular flexibility index (Phi) is 4.98. The predicted molar refractivity (Wildman–Crippen MR) is 81.9 cm³/mol. The van der Waals surface area contributed by atoms with Gasteiger partial charge in [-0.1, -0.05) is 18.2 Å². The van der Waals surface area contributed by atoms with Crippen LogP contribution in [0.4, 0.5) is 10.5 Å². The number of hydrogen-bond acceptors (Lipinski definition) is 2. The Morgan fingerprint density at radius 2 is 2.24 bits per heavy atom. The lowest BCUT2D eigenvalue weighted by Gasteiger charge is -2.30. The molecule has 0 bridgehead atoms. The van der Waals surface area contributed by atoms with Crippen molar-refractivity contribution in [3.05, 3.63) is 41.5 Å². The van der Waals surface area contributed by atoms with Crippen molar-refractivity contribution < 1.29 is 14.7 Å². The number of nitrogens with one attached hydrogen (secondary N) is 1. The third kappa shape index (κ3) is 3.42. The lowest BCUT2D eigenvalue weighted by molar-refractivity contribution is 0.0695. The van der Waals surface area contributed by atoms with Crippen molar-refractivity contribution in [2.75, 3.05) is 18.0 Å². The van der Waals surface area contributed by atoms with E-state index in [0.29, 0.717) is 30.8 Å². The fourth-order valence-electron chi connectivity index (χ4n) is 2.56. The monoisotopic (exact) mass is 288 g/mol. The number of carbonyl (C=O) groups is 2. The standard InChI is InChI=1S/C16H20N2O3/c1-2-3-4-10-17-16(21)18-11-6-8-12-13(15(19)20)7-5-9-14(12)18/h2-3,5,7,9H,4,6,8,10-11H2,1H3,(H,17,21)(H,19,20)/b3-2+. The maximum atomic E-state index is 12.2. The van der Waals surface area contributed by atoms with Gasteiger partial charge in [0.05, 0.1) is 5.56 Å². The minimum Gasteiger partial charge on any atom is -0.478 e. The first kappa shape index (κ1) is 15.1. The van der Waals surface area contributed by atoms with Crippen LogP contribution in [0.15, 0.2) is 30.4 Å². The summed E-state index contributed by atoms with van der Waals surface area (Å²) < 4.78 is 0. The van der Waals surface area contributed by atoms with Crippen molar-refractivity contribution in [3.63, 3.8) is 0 Å². The van der Waals surface area contributed by atoms with E-state index in [2.05, 4.69) is 5.32 Å². The normalized spacial score (nSPS) is 14.0. The largest absolute Gasteiger partial charge is 0.478 e. The quantitative estimate of drug-likeness (QED) is 0.661. The van der Waals surface area contributed by atoms with Crippen LogP contribution < -0.4 is 10.2 Å². The van der Waals surface area contributed by atoms with E-state index in [0.717, 1.165) is 18.4 Å². The van der Waals surface area contributed by atoms with E-state index >= 15 is 0 Å². The van der Waals surface area contributed by atoms with Crippen LogP contribution in [-0.2, 0) is 6.42 Å². The number of carbonyl (C=O) groups excluding carboxylic acids is 1. The molecule has 0 atom stereocenters. The molecule has 112 valence electrons. The number of anilines is 1. The van der Waals surface area contributed by atoms with Gasteiger partial charge in [-0.3, -0.25) is 4.90 Å². The van der Waals surface area contributed by atoms with Crippen molar-refractivity contribution in [2.45, 2.75) is 26.2 Å². The molecule has 2 N–H and O–H groups in total. The van der Waals surface area contributed by atoms with Crippen LogP contribution in [0.1, 0.15) is 35.7 Å². The van der Waals surface area contributed by atoms with Crippen LogP contribution in [0, 0.1) is 0 Å². The summed E-state index contributed by atoms with van der Waals surface area (Å²) >= 11 is 0. The topological polar surface area (TPSA) is 69.6 Å². The molecule has 0 saturated carbocycles. The van der Waals surface area contributed by atoms with Gasteiger partial charge in [-0.05, 0) is 43.9 Å². The van der Waals surface area contributed by atoms with Crippen LogP contribution in [0.25, 0.3) is 0 Å². The number of carboxylic acid groups (broad SMARTS) is 1. The summed E-state index contributed by atoms with van der Waals surface area (Å²) in [5, 5.41) is 12.1. The Balaban J connectivity index is 2.16. The number of aromatic carboxylic acids is 1. The zero-order valence-corrected chi connectivity index (χ0v) is 12.1. The molecule has 0 radical (unpaired) electrons. The van der Waals surface area contributed by atoms with Crippen LogP contribution in [0.5, 0.6) is 0 Å². The van der Waals surface area contributed by atoms with Crippen molar-refractivity contribution in [2.24, 2.45) is 0 Å². The Morgan fingerprint density at radius 3 is 2.95 bits per heavy atom. The highest BCUT2D eigenvalue weighted by atomic mass is 16.4. The first-order valence-electron chi connectivity index (χ1n) is 7.17. The summed E-state index contributed by atoms with van der Waals surface area (Å²) in [6, 6.07) is 4.93. The molecule has 21 heavy (non-hydrogen) atoms. The zero-order chi connectivity index (χ0) is 15.2. The summed E-state index contributed by atoms with van der Waals surface area (Å²) in [5.74, 6) is -0.942. The van der Waals surface area contributed by atoms with Crippen molar-refractivity contribution in [1.29, 1.82) is 0 Å². The fourth-order valence-corrected chi connectivity index (χ4v) is 2.56. The van der Waals surface area contributed by atoms with Crippen LogP contribution in [0.2, 0.25) is 0 Å². The minimum atomic E-state index is -0.942. The molecule has 1 aromatic rings. The molecule has 0 saturated heterocycles. The third-order valence-electron chi connectivity index (χ3n) is 3.55. The summed E-state index contributed by atoms with van der Waals surface area (Å²) in [5.41, 5.74) is 1.75. The molecule has 2 rings (SSSR count). The number of rotatable bonds is 4. The highest BCUT2D eigenvalue weighted by Crippen LogP contribution is 2.29. The molecule has 5 heteroatoms. The lowest BCUT2D eigenvalue weighted by atomic mass is 9.96. The van der Waals surface area contributed by atoms with Gasteiger partial charge in [0.15, 0.2) is 0 Å². The Hall–Kier alpha value is -2.30. The second-order valence-corrected chi connectivity index (χ2v) is 4.95. The average Bonchev–Trinajstić information content (AvgIpc) is 2.50. The summed E-state index contributed by atoms with van der Waals surface area (Å²) in [7, 11) is 0. The third-order valence-corrected chi connectivity index (χ3v) is 3.55. The molecule has 1 aliphatic rings. The molecule has 0 spiro atoms. The van der Waals surface area contributed by atoms with Crippen LogP contribution in [-0.4, -0.2) is 30.2 Å². The minimum absolute atomic E-state index is 0.164. The van der Waals surface area contributed by atoms with Crippen LogP contribution >= 0.6 is 0 Å². The zero-order valence-electron chi connectivity index (χ0n) is 12.1. The van der Waals surface area contributed by atoms with E-state index in [9.17, 15) is 14.7 Å². The van der Waals surface area contributed by atoms with E-state index in [4.69, 9.17) is 0 Å². The molecule has 0 fully saturated rings. The fraction of sp³-hybridized carbons (Fsp3) is 0.375. The van der Waals surface area contributed by atoms with Gasteiger partial charge in [0.25, 0.3) is 0 Å². The van der Waals surface area contributed by atoms with Gasteiger partial charge in [-0.15, -0.1) is 0 Å². The van der Waals surface area contributed by atoms with Gasteiger partial charge in [0.1, 0.15) is 0 Å². The molecule has 2 amide bonds. The number of nitrogens with zero attached hydrogens (tertiary/aromatic N) is 1. The Morgan fingerprint density at radius 1 is 1.43 bits per heavy atom. The van der Waals surface area contributed by atoms with E-state index in [1.807, 2.05) is 25.1 Å². The molecule has 1 aliphatic heterocycles. The predicted octanol–water partition coefficient (Wildman–Crippen LogP) is 2.81. The number of allylic oxidation sites excluding steroid dienone is 1. The maximum absolute atomic E-state index is 12.2. The Bertz CT molecular complexity index is 567. The number of benzene rings is 1. The number of fused-ring (bicyclic) bond motifs is 1. The Labute approximate surface area is 124 Å². The highest BCUT2D eigenvalue weighted by molar-refractivity contribution is 5.97. The van der Waals surface area contributed by atoms with E-state index in [-0.39, 0.29) is 6.03 Å². The van der Waals surface area contributed by atoms with Crippen molar-refractivity contribution in [1.82, 2.24) is 5.32 Å². The van der Waals surface area contributed by atoms with Gasteiger partial charge >= 0.3 is 12.0 Å². The van der Waals surface area contributed by atoms with E-state index in [1.54, 1.807) is 17.0 Å². The van der Waals surface area contributed by atoms with Gasteiger partial charge in [-0.2, -0.15) is 0 Å². The molecule has 0 unspecified atom stereocenters. The second-order valence-electron chi connectivity index (χ2n) is 4.95. The maximum Gasteiger partial charge on any atom is 0.336 e. The summed E-state index contributed by atoms with van der Waals surface area (Å²) in [6.07, 6.45) is 6.20. The lowest BCUT2D eigenvalue weighted by Crippen LogP contribution is -2.43. The number of hydrogen-bond donors (Lipinski definition) is 2. The molecule has 0 aromatic heterocycles. The summed E-state index contributed by atoms with van der Waals surface area (Å²) in [6.45, 7) is 3.13. The highest BCUT2D eigenvalue weighted by Gasteiger charge is 2.25. The average molecular weight is 288 g/mol. The second kappa shape index (κ2) is 6.92. The molecular formula is C16H20N2O3. The number of urea groups is 1. The summed E-state index contributed by atoms with van der Waals surface area (Å²) in [4.78, 5) is 25.2. The van der Waals surface area contributed by atoms with Crippen molar-refractivity contribution in [3.8, 4) is 0 Å². The van der Waals surface area contributed by atoms with Gasteiger partial charge < -0.3 is 10.4 Å². The van der Waals surface area contributed by atoms with E-state index < -0.39 is 5.97 Å². The van der Waals surface area contributed by atoms with Gasteiger partial charge in [0, 0.05) is 18.8 Å². The first-order valence-corrected chi connectivity index (χ1v) is 7.17. The number of carboxylic acids is 1. The number of amides is 2. The molecule has 5 nitrogen and oxygen atoms in total. The van der Waals surface area contributed by atoms with E-state index in [1.165, 1.54) is 0 Å². The molecule has 0 aliphatic carbocycles. The molecular weight excluding hydrogens is 268 g/mol. The van der Waals surface area contributed by atoms with Gasteiger partial charge in [0.2, 0.25) is 0 Å². The SMILES string of the molecule is C/C=C/CCNC(=O)N1CCCc2c(C(=O)O)cccc21. The smallest absolute Gasteiger partial charge is 0.336 e. The molecule has 1 aromatic carbocycles. The van der Waals surface area contributed by atoms with Gasteiger partial charge in [-0.25, -0.2) is 9.59 Å². The van der Waals surface area contributed by atoms with Crippen molar-refractivity contribution >= 4 is 17.7 Å². The first-order chi connectivity index (χ1) is 10.1. The van der Waals surface area contributed by atoms with Crippen LogP contribution in [0.3, 0.4) is 0 Å².